The highest BCUT2D eigenvalue weighted by atomic mass is 19.1. The molecule has 3 rings (SSSR count). The Morgan fingerprint density at radius 3 is 2.75 bits per heavy atom. The first kappa shape index (κ1) is 12.4. The molecule has 20 heavy (non-hydrogen) atoms. The fourth-order valence-corrected chi connectivity index (χ4v) is 2.00. The zero-order valence-corrected chi connectivity index (χ0v) is 10.8. The molecule has 0 spiro atoms. The summed E-state index contributed by atoms with van der Waals surface area (Å²) in [5.74, 6) is -0.786. The first-order valence-electron chi connectivity index (χ1n) is 6.19. The van der Waals surface area contributed by atoms with E-state index >= 15 is 0 Å². The van der Waals surface area contributed by atoms with Crippen LogP contribution in [0.5, 0.6) is 0 Å². The lowest BCUT2D eigenvalue weighted by Crippen LogP contribution is -2.11. The number of aryl methyl sites for hydroxylation is 1. The molecule has 0 fully saturated rings. The van der Waals surface area contributed by atoms with Crippen LogP contribution in [-0.4, -0.2) is 5.91 Å². The third kappa shape index (κ3) is 2.28. The Balaban J connectivity index is 1.91. The second kappa shape index (κ2) is 4.81. The van der Waals surface area contributed by atoms with Crippen LogP contribution in [0.3, 0.4) is 0 Å². The third-order valence-electron chi connectivity index (χ3n) is 3.02. The van der Waals surface area contributed by atoms with E-state index in [1.807, 2.05) is 25.1 Å². The lowest BCUT2D eigenvalue weighted by molar-refractivity contribution is 0.0998. The monoisotopic (exact) mass is 269 g/mol. The highest BCUT2D eigenvalue weighted by molar-refractivity contribution is 6.04. The number of furan rings is 1. The van der Waals surface area contributed by atoms with Crippen LogP contribution < -0.4 is 5.32 Å². The van der Waals surface area contributed by atoms with Crippen molar-refractivity contribution in [3.63, 3.8) is 0 Å². The van der Waals surface area contributed by atoms with Gasteiger partial charge in [0, 0.05) is 5.39 Å². The number of carbonyl (C=O) groups is 1. The molecule has 0 saturated carbocycles. The number of amides is 1. The standard InChI is InChI=1S/C16H12FNO2/c1-10-6-7-11-9-15(20-14(11)8-10)16(19)18-13-5-3-2-4-12(13)17/h2-9H,1H3,(H,18,19). The van der Waals surface area contributed by atoms with E-state index in [1.165, 1.54) is 12.1 Å². The van der Waals surface area contributed by atoms with Gasteiger partial charge in [-0.15, -0.1) is 0 Å². The number of fused-ring (bicyclic) bond motifs is 1. The van der Waals surface area contributed by atoms with E-state index < -0.39 is 11.7 Å². The van der Waals surface area contributed by atoms with E-state index in [0.717, 1.165) is 10.9 Å². The molecule has 0 atom stereocenters. The van der Waals surface area contributed by atoms with Crippen molar-refractivity contribution in [1.29, 1.82) is 0 Å². The minimum Gasteiger partial charge on any atom is -0.451 e. The maximum Gasteiger partial charge on any atom is 0.291 e. The predicted octanol–water partition coefficient (Wildman–Crippen LogP) is 4.13. The van der Waals surface area contributed by atoms with E-state index in [9.17, 15) is 9.18 Å². The third-order valence-corrected chi connectivity index (χ3v) is 3.02. The van der Waals surface area contributed by atoms with Gasteiger partial charge in [0.05, 0.1) is 5.69 Å². The molecule has 1 amide bonds. The number of para-hydroxylation sites is 1. The van der Waals surface area contributed by atoms with Crippen molar-refractivity contribution < 1.29 is 13.6 Å². The number of nitrogens with one attached hydrogen (secondary N) is 1. The van der Waals surface area contributed by atoms with Gasteiger partial charge in [0.1, 0.15) is 11.4 Å². The van der Waals surface area contributed by atoms with E-state index in [4.69, 9.17) is 4.42 Å². The number of carbonyl (C=O) groups excluding carboxylic acids is 1. The summed E-state index contributed by atoms with van der Waals surface area (Å²) in [5.41, 5.74) is 1.82. The molecular weight excluding hydrogens is 257 g/mol. The van der Waals surface area contributed by atoms with Gasteiger partial charge in [0.25, 0.3) is 5.91 Å². The number of rotatable bonds is 2. The van der Waals surface area contributed by atoms with Gasteiger partial charge in [-0.05, 0) is 36.8 Å². The maximum atomic E-state index is 13.5. The van der Waals surface area contributed by atoms with Crippen molar-refractivity contribution in [1.82, 2.24) is 0 Å². The van der Waals surface area contributed by atoms with Gasteiger partial charge in [-0.3, -0.25) is 4.79 Å². The quantitative estimate of drug-likeness (QED) is 0.760. The van der Waals surface area contributed by atoms with Crippen molar-refractivity contribution in [3.8, 4) is 0 Å². The molecule has 0 saturated heterocycles. The normalized spacial score (nSPS) is 10.7. The number of anilines is 1. The van der Waals surface area contributed by atoms with Gasteiger partial charge in [-0.2, -0.15) is 0 Å². The van der Waals surface area contributed by atoms with Crippen molar-refractivity contribution in [2.24, 2.45) is 0 Å². The average Bonchev–Trinajstić information content (AvgIpc) is 2.84. The maximum absolute atomic E-state index is 13.5. The molecule has 0 bridgehead atoms. The molecule has 0 aliphatic carbocycles. The summed E-state index contributed by atoms with van der Waals surface area (Å²) >= 11 is 0. The zero-order chi connectivity index (χ0) is 14.1. The molecule has 1 aromatic heterocycles. The first-order valence-corrected chi connectivity index (χ1v) is 6.19. The van der Waals surface area contributed by atoms with Gasteiger partial charge in [-0.25, -0.2) is 4.39 Å². The van der Waals surface area contributed by atoms with Crippen molar-refractivity contribution in [2.75, 3.05) is 5.32 Å². The molecule has 0 aliphatic rings. The average molecular weight is 269 g/mol. The molecule has 0 radical (unpaired) electrons. The van der Waals surface area contributed by atoms with Gasteiger partial charge in [-0.1, -0.05) is 24.3 Å². The van der Waals surface area contributed by atoms with E-state index in [1.54, 1.807) is 18.2 Å². The lowest BCUT2D eigenvalue weighted by atomic mass is 10.2. The largest absolute Gasteiger partial charge is 0.451 e. The first-order chi connectivity index (χ1) is 9.63. The molecule has 1 N–H and O–H groups in total. The molecule has 1 heterocycles. The van der Waals surface area contributed by atoms with E-state index in [-0.39, 0.29) is 11.4 Å². The van der Waals surface area contributed by atoms with Crippen LogP contribution >= 0.6 is 0 Å². The fourth-order valence-electron chi connectivity index (χ4n) is 2.00. The van der Waals surface area contributed by atoms with Crippen LogP contribution in [0.1, 0.15) is 16.1 Å². The number of halogens is 1. The molecular formula is C16H12FNO2. The Hall–Kier alpha value is -2.62. The van der Waals surface area contributed by atoms with Crippen LogP contribution in [0.2, 0.25) is 0 Å². The number of benzene rings is 2. The topological polar surface area (TPSA) is 42.2 Å². The molecule has 2 aromatic carbocycles. The van der Waals surface area contributed by atoms with Crippen LogP contribution in [-0.2, 0) is 0 Å². The predicted molar refractivity (Wildman–Crippen MR) is 75.3 cm³/mol. The number of hydrogen-bond acceptors (Lipinski definition) is 2. The minimum atomic E-state index is -0.479. The summed E-state index contributed by atoms with van der Waals surface area (Å²) in [7, 11) is 0. The van der Waals surface area contributed by atoms with Crippen molar-refractivity contribution >= 4 is 22.6 Å². The molecule has 0 unspecified atom stereocenters. The highest BCUT2D eigenvalue weighted by Crippen LogP contribution is 2.22. The zero-order valence-electron chi connectivity index (χ0n) is 10.8. The Morgan fingerprint density at radius 2 is 1.95 bits per heavy atom. The van der Waals surface area contributed by atoms with Crippen LogP contribution in [0.15, 0.2) is 52.9 Å². The SMILES string of the molecule is Cc1ccc2cc(C(=O)Nc3ccccc3F)oc2c1. The summed E-state index contributed by atoms with van der Waals surface area (Å²) in [4.78, 5) is 12.0. The minimum absolute atomic E-state index is 0.133. The van der Waals surface area contributed by atoms with Gasteiger partial charge in [0.15, 0.2) is 5.76 Å². The second-order valence-electron chi connectivity index (χ2n) is 4.59. The molecule has 0 aliphatic heterocycles. The Morgan fingerprint density at radius 1 is 1.15 bits per heavy atom. The van der Waals surface area contributed by atoms with Crippen LogP contribution in [0.25, 0.3) is 11.0 Å². The Labute approximate surface area is 115 Å². The van der Waals surface area contributed by atoms with E-state index in [0.29, 0.717) is 5.58 Å². The van der Waals surface area contributed by atoms with Gasteiger partial charge in [0.2, 0.25) is 0 Å². The van der Waals surface area contributed by atoms with Crippen LogP contribution in [0, 0.1) is 12.7 Å². The van der Waals surface area contributed by atoms with E-state index in [2.05, 4.69) is 5.32 Å². The summed E-state index contributed by atoms with van der Waals surface area (Å²) < 4.78 is 19.0. The van der Waals surface area contributed by atoms with Gasteiger partial charge >= 0.3 is 0 Å². The highest BCUT2D eigenvalue weighted by Gasteiger charge is 2.14. The Bertz CT molecular complexity index is 792. The Kier molecular flexibility index (Phi) is 2.99. The second-order valence-corrected chi connectivity index (χ2v) is 4.59. The van der Waals surface area contributed by atoms with Crippen molar-refractivity contribution in [2.45, 2.75) is 6.92 Å². The summed E-state index contributed by atoms with van der Waals surface area (Å²) in [6.07, 6.45) is 0. The lowest BCUT2D eigenvalue weighted by Gasteiger charge is -2.03. The van der Waals surface area contributed by atoms with Gasteiger partial charge < -0.3 is 9.73 Å². The fraction of sp³-hybridized carbons (Fsp3) is 0.0625. The number of hydrogen-bond donors (Lipinski definition) is 1. The molecule has 3 aromatic rings. The van der Waals surface area contributed by atoms with Crippen LogP contribution in [0.4, 0.5) is 10.1 Å². The summed E-state index contributed by atoms with van der Waals surface area (Å²) in [5, 5.41) is 3.34. The smallest absolute Gasteiger partial charge is 0.291 e. The molecule has 3 nitrogen and oxygen atoms in total. The van der Waals surface area contributed by atoms with Crippen molar-refractivity contribution in [3.05, 3.63) is 65.7 Å². The summed E-state index contributed by atoms with van der Waals surface area (Å²) in [6.45, 7) is 1.95. The summed E-state index contributed by atoms with van der Waals surface area (Å²) in [6, 6.07) is 13.3. The molecule has 4 heteroatoms. The molecule has 100 valence electrons.